The van der Waals surface area contributed by atoms with E-state index in [-0.39, 0.29) is 6.04 Å². The Hall–Kier alpha value is -0.150. The van der Waals surface area contributed by atoms with Crippen LogP contribution in [0.2, 0.25) is 0 Å². The first kappa shape index (κ1) is 10.9. The Bertz CT molecular complexity index is 213. The molecule has 0 heterocycles. The third kappa shape index (κ3) is 2.02. The summed E-state index contributed by atoms with van der Waals surface area (Å²) in [5, 5.41) is 0. The van der Waals surface area contributed by atoms with Crippen molar-refractivity contribution in [2.24, 2.45) is 11.1 Å². The summed E-state index contributed by atoms with van der Waals surface area (Å²) in [5.41, 5.74) is 6.07. The van der Waals surface area contributed by atoms with E-state index in [2.05, 4.69) is 32.7 Å². The molecule has 1 fully saturated rings. The van der Waals surface area contributed by atoms with Crippen molar-refractivity contribution in [1.29, 1.82) is 0 Å². The Balaban J connectivity index is 2.58. The second-order valence-electron chi connectivity index (χ2n) is 4.79. The van der Waals surface area contributed by atoms with Gasteiger partial charge in [-0.15, -0.1) is 0 Å². The molecule has 1 rings (SSSR count). The van der Waals surface area contributed by atoms with Gasteiger partial charge in [0.2, 0.25) is 0 Å². The number of hydrogen-bond acceptors (Lipinski definition) is 2. The van der Waals surface area contributed by atoms with Gasteiger partial charge in [-0.2, -0.15) is 0 Å². The summed E-state index contributed by atoms with van der Waals surface area (Å²) in [7, 11) is 2.12. The van der Waals surface area contributed by atoms with E-state index in [1.54, 1.807) is 0 Å². The fourth-order valence-electron chi connectivity index (χ4n) is 2.08. The minimum Gasteiger partial charge on any atom is -0.392 e. The molecule has 1 aliphatic rings. The molecule has 1 saturated carbocycles. The quantitative estimate of drug-likeness (QED) is 0.704. The zero-order valence-electron chi connectivity index (χ0n) is 9.00. The van der Waals surface area contributed by atoms with Gasteiger partial charge >= 0.3 is 0 Å². The highest BCUT2D eigenvalue weighted by atomic mass is 32.1. The van der Waals surface area contributed by atoms with Crippen LogP contribution in [0.25, 0.3) is 0 Å². The number of rotatable bonds is 3. The summed E-state index contributed by atoms with van der Waals surface area (Å²) < 4.78 is 0. The van der Waals surface area contributed by atoms with E-state index in [9.17, 15) is 0 Å². The average molecular weight is 200 g/mol. The first-order chi connectivity index (χ1) is 5.86. The van der Waals surface area contributed by atoms with Gasteiger partial charge in [-0.05, 0) is 32.2 Å². The van der Waals surface area contributed by atoms with Crippen LogP contribution in [-0.2, 0) is 0 Å². The number of nitrogens with two attached hydrogens (primary N) is 1. The molecule has 0 bridgehead atoms. The molecule has 0 aromatic carbocycles. The van der Waals surface area contributed by atoms with Gasteiger partial charge in [0, 0.05) is 6.04 Å². The van der Waals surface area contributed by atoms with Crippen molar-refractivity contribution in [1.82, 2.24) is 4.90 Å². The molecule has 0 radical (unpaired) electrons. The third-order valence-corrected chi connectivity index (χ3v) is 3.82. The predicted molar refractivity (Wildman–Crippen MR) is 60.8 cm³/mol. The Morgan fingerprint density at radius 3 is 2.38 bits per heavy atom. The van der Waals surface area contributed by atoms with Crippen LogP contribution < -0.4 is 5.73 Å². The maximum absolute atomic E-state index is 5.63. The largest absolute Gasteiger partial charge is 0.392 e. The third-order valence-electron chi connectivity index (χ3n) is 3.48. The Labute approximate surface area is 86.5 Å². The first-order valence-electron chi connectivity index (χ1n) is 4.87. The lowest BCUT2D eigenvalue weighted by Crippen LogP contribution is -2.56. The fraction of sp³-hybridized carbons (Fsp3) is 0.900. The Morgan fingerprint density at radius 1 is 1.62 bits per heavy atom. The van der Waals surface area contributed by atoms with Gasteiger partial charge in [0.05, 0.1) is 11.0 Å². The number of thiocarbonyl (C=S) groups is 1. The summed E-state index contributed by atoms with van der Waals surface area (Å²) in [5.74, 6) is 0. The van der Waals surface area contributed by atoms with Crippen LogP contribution >= 0.6 is 12.2 Å². The molecule has 2 atom stereocenters. The van der Waals surface area contributed by atoms with E-state index in [4.69, 9.17) is 18.0 Å². The highest BCUT2D eigenvalue weighted by Crippen LogP contribution is 2.43. The van der Waals surface area contributed by atoms with Crippen LogP contribution in [0.15, 0.2) is 0 Å². The van der Waals surface area contributed by atoms with Gasteiger partial charge in [0.25, 0.3) is 0 Å². The molecule has 0 spiro atoms. The minimum absolute atomic E-state index is 0.222. The number of likely N-dealkylation sites (N-methyl/N-ethyl adjacent to an activating group) is 1. The molecule has 1 aliphatic carbocycles. The molecule has 2 N–H and O–H groups in total. The maximum Gasteiger partial charge on any atom is 0.0899 e. The molecular formula is C10H20N2S. The van der Waals surface area contributed by atoms with Gasteiger partial charge in [0.15, 0.2) is 0 Å². The van der Waals surface area contributed by atoms with Crippen LogP contribution in [0.1, 0.15) is 33.6 Å². The van der Waals surface area contributed by atoms with Crippen LogP contribution in [0.5, 0.6) is 0 Å². The van der Waals surface area contributed by atoms with Gasteiger partial charge in [-0.3, -0.25) is 4.90 Å². The van der Waals surface area contributed by atoms with Gasteiger partial charge < -0.3 is 5.73 Å². The van der Waals surface area contributed by atoms with Crippen molar-refractivity contribution < 1.29 is 0 Å². The maximum atomic E-state index is 5.63. The summed E-state index contributed by atoms with van der Waals surface area (Å²) in [6.45, 7) is 6.70. The zero-order valence-corrected chi connectivity index (χ0v) is 9.82. The second-order valence-corrected chi connectivity index (χ2v) is 5.26. The Kier molecular flexibility index (Phi) is 2.98. The highest BCUT2D eigenvalue weighted by Gasteiger charge is 2.42. The molecule has 0 saturated heterocycles. The van der Waals surface area contributed by atoms with Crippen LogP contribution in [0.3, 0.4) is 0 Å². The molecule has 0 aliphatic heterocycles. The highest BCUT2D eigenvalue weighted by molar-refractivity contribution is 7.80. The molecule has 0 aromatic rings. The van der Waals surface area contributed by atoms with Crippen LogP contribution in [0, 0.1) is 5.41 Å². The summed E-state index contributed by atoms with van der Waals surface area (Å²) in [4.78, 5) is 2.91. The van der Waals surface area contributed by atoms with Crippen LogP contribution in [0.4, 0.5) is 0 Å². The lowest BCUT2D eigenvalue weighted by molar-refractivity contribution is 0.00884. The van der Waals surface area contributed by atoms with Gasteiger partial charge in [-0.1, -0.05) is 26.1 Å². The standard InChI is InChI=1S/C10H20N2S/c1-7(9(11)13)12(4)8-5-6-10(8,2)3/h7-8H,5-6H2,1-4H3,(H2,11,13). The van der Waals surface area contributed by atoms with Crippen molar-refractivity contribution >= 4 is 17.2 Å². The summed E-state index contributed by atoms with van der Waals surface area (Å²) in [6, 6.07) is 0.864. The lowest BCUT2D eigenvalue weighted by Gasteiger charge is -2.51. The van der Waals surface area contributed by atoms with Crippen molar-refractivity contribution in [2.45, 2.75) is 45.7 Å². The van der Waals surface area contributed by atoms with Crippen molar-refractivity contribution in [3.63, 3.8) is 0 Å². The monoisotopic (exact) mass is 200 g/mol. The molecule has 2 unspecified atom stereocenters. The molecule has 0 amide bonds. The predicted octanol–water partition coefficient (Wildman–Crippen LogP) is 1.78. The van der Waals surface area contributed by atoms with E-state index in [0.717, 1.165) is 0 Å². The van der Waals surface area contributed by atoms with Crippen molar-refractivity contribution in [3.8, 4) is 0 Å². The topological polar surface area (TPSA) is 29.3 Å². The van der Waals surface area contributed by atoms with Gasteiger partial charge in [0.1, 0.15) is 0 Å². The minimum atomic E-state index is 0.222. The molecule has 13 heavy (non-hydrogen) atoms. The van der Waals surface area contributed by atoms with Crippen molar-refractivity contribution in [3.05, 3.63) is 0 Å². The second kappa shape index (κ2) is 3.54. The molecule has 0 aromatic heterocycles. The normalized spacial score (nSPS) is 28.2. The lowest BCUT2D eigenvalue weighted by atomic mass is 9.66. The van der Waals surface area contributed by atoms with E-state index in [0.29, 0.717) is 16.4 Å². The fourth-order valence-corrected chi connectivity index (χ4v) is 2.24. The summed E-state index contributed by atoms with van der Waals surface area (Å²) in [6.07, 6.45) is 2.59. The Morgan fingerprint density at radius 2 is 2.15 bits per heavy atom. The van der Waals surface area contributed by atoms with E-state index in [1.807, 2.05) is 0 Å². The van der Waals surface area contributed by atoms with E-state index in [1.165, 1.54) is 12.8 Å². The molecular weight excluding hydrogens is 180 g/mol. The van der Waals surface area contributed by atoms with E-state index >= 15 is 0 Å². The van der Waals surface area contributed by atoms with E-state index < -0.39 is 0 Å². The van der Waals surface area contributed by atoms with Crippen LogP contribution in [-0.4, -0.2) is 29.0 Å². The number of hydrogen-bond donors (Lipinski definition) is 1. The molecule has 2 nitrogen and oxygen atoms in total. The molecule has 76 valence electrons. The van der Waals surface area contributed by atoms with Gasteiger partial charge in [-0.25, -0.2) is 0 Å². The van der Waals surface area contributed by atoms with Crippen molar-refractivity contribution in [2.75, 3.05) is 7.05 Å². The average Bonchev–Trinajstić information content (AvgIpc) is 2.01. The first-order valence-corrected chi connectivity index (χ1v) is 5.28. The SMILES string of the molecule is CC(C(N)=S)N(C)C1CCC1(C)C. The number of nitrogens with zero attached hydrogens (tertiary/aromatic N) is 1. The smallest absolute Gasteiger partial charge is 0.0899 e. The summed E-state index contributed by atoms with van der Waals surface area (Å²) >= 11 is 5.00. The molecule has 3 heteroatoms. The zero-order chi connectivity index (χ0) is 10.2.